The predicted octanol–water partition coefficient (Wildman–Crippen LogP) is 5.43. The van der Waals surface area contributed by atoms with Crippen molar-refractivity contribution in [3.63, 3.8) is 0 Å². The first-order chi connectivity index (χ1) is 20.7. The Bertz CT molecular complexity index is 1800. The number of nitrogens with one attached hydrogen (secondary N) is 1. The van der Waals surface area contributed by atoms with Gasteiger partial charge in [0.2, 0.25) is 0 Å². The van der Waals surface area contributed by atoms with E-state index in [-0.39, 0.29) is 12.5 Å². The molecule has 0 amide bonds. The molecular weight excluding hydrogens is 572 g/mol. The quantitative estimate of drug-likeness (QED) is 0.305. The number of thiophene rings is 1. The van der Waals surface area contributed by atoms with Crippen molar-refractivity contribution < 1.29 is 13.3 Å². The van der Waals surface area contributed by atoms with Crippen LogP contribution in [0, 0.1) is 11.3 Å². The van der Waals surface area contributed by atoms with E-state index in [1.165, 1.54) is 11.3 Å². The lowest BCUT2D eigenvalue weighted by Gasteiger charge is -2.39. The molecule has 4 aromatic heterocycles. The van der Waals surface area contributed by atoms with Crippen LogP contribution >= 0.6 is 11.3 Å². The number of rotatable bonds is 5. The average Bonchev–Trinajstić information content (AvgIpc) is 3.56. The van der Waals surface area contributed by atoms with E-state index in [9.17, 15) is 14.0 Å². The van der Waals surface area contributed by atoms with Crippen LogP contribution in [0.25, 0.3) is 22.6 Å². The van der Waals surface area contributed by atoms with Crippen LogP contribution in [0.4, 0.5) is 19.6 Å². The summed E-state index contributed by atoms with van der Waals surface area (Å²) in [5.74, 6) is -1.35. The third kappa shape index (κ3) is 3.95. The zero-order valence-electron chi connectivity index (χ0n) is 24.2. The van der Waals surface area contributed by atoms with E-state index in [0.717, 1.165) is 79.7 Å². The minimum Gasteiger partial charge on any atom is -0.389 e. The number of halogens is 2. The fourth-order valence-corrected chi connectivity index (χ4v) is 9.06. The number of likely N-dealkylation sites (N-methyl/N-ethyl adjacent to an activating group) is 1. The van der Waals surface area contributed by atoms with E-state index < -0.39 is 17.4 Å². The zero-order valence-corrected chi connectivity index (χ0v) is 25.0. The lowest BCUT2D eigenvalue weighted by molar-refractivity contribution is 0.115. The van der Waals surface area contributed by atoms with Crippen molar-refractivity contribution in [2.24, 2.45) is 0 Å². The Morgan fingerprint density at radius 2 is 2.02 bits per heavy atom. The van der Waals surface area contributed by atoms with E-state index in [0.29, 0.717) is 45.0 Å². The summed E-state index contributed by atoms with van der Waals surface area (Å²) in [6, 6.07) is 1.69. The molecule has 10 nitrogen and oxygen atoms in total. The second-order valence-electron chi connectivity index (χ2n) is 12.7. The Balaban J connectivity index is 1.27. The van der Waals surface area contributed by atoms with Crippen molar-refractivity contribution >= 4 is 33.2 Å². The summed E-state index contributed by atoms with van der Waals surface area (Å²) in [7, 11) is 2.12. The number of aryl methyl sites for hydroxylation is 1. The molecule has 4 aliphatic rings. The number of hydrogen-bond acceptors (Lipinski definition) is 10. The Hall–Kier alpha value is -3.63. The largest absolute Gasteiger partial charge is 0.389 e. The van der Waals surface area contributed by atoms with Gasteiger partial charge in [-0.1, -0.05) is 5.16 Å². The standard InChI is InChI=1S/C30H33F2N9OS/c1-15(19-7-5-11-40(19)2)41-28-18(14-35-41)26(36-21-12-30(21,31)32)37-27(38-28)23-16-6-3-9-29(24(16)42-39-23)10-4-8-20-22(29)17(13-33)25(34)43-20/h14-15,19,21H,3-12,34H2,1-2H3,(H,36,37,38)/t15-,19-,21?,29-/m0/s1. The third-order valence-corrected chi connectivity index (χ3v) is 11.3. The maximum atomic E-state index is 14.1. The van der Waals surface area contributed by atoms with Crippen LogP contribution in [-0.4, -0.2) is 61.4 Å². The number of likely N-dealkylation sites (tertiary alicyclic amines) is 1. The summed E-state index contributed by atoms with van der Waals surface area (Å²) in [5, 5.41) is 23.4. The van der Waals surface area contributed by atoms with Gasteiger partial charge in [0, 0.05) is 22.9 Å². The number of hydrogen-bond donors (Lipinski definition) is 2. The Kier molecular flexibility index (Phi) is 5.91. The molecule has 1 saturated carbocycles. The molecule has 43 heavy (non-hydrogen) atoms. The maximum Gasteiger partial charge on any atom is 0.270 e. The van der Waals surface area contributed by atoms with Crippen LogP contribution in [0.5, 0.6) is 0 Å². The second kappa shape index (κ2) is 9.43. The highest BCUT2D eigenvalue weighted by Crippen LogP contribution is 2.55. The SMILES string of the molecule is C[C@@H]([C@@H]1CCCN1C)n1ncc2c(NC3CC3(F)F)nc(-c3noc4c3CCC[C@@]43CCCc4sc(N)c(C#N)c43)nc21. The van der Waals surface area contributed by atoms with Gasteiger partial charge in [0.25, 0.3) is 5.92 Å². The monoisotopic (exact) mass is 605 g/mol. The first-order valence-corrected chi connectivity index (χ1v) is 15.9. The fourth-order valence-electron chi connectivity index (χ4n) is 7.90. The molecule has 0 radical (unpaired) electrons. The van der Waals surface area contributed by atoms with E-state index >= 15 is 0 Å². The summed E-state index contributed by atoms with van der Waals surface area (Å²) in [5.41, 5.74) is 9.41. The van der Waals surface area contributed by atoms with Gasteiger partial charge in [-0.15, -0.1) is 11.3 Å². The van der Waals surface area contributed by atoms with E-state index in [4.69, 9.17) is 25.3 Å². The number of anilines is 2. The number of alkyl halides is 2. The van der Waals surface area contributed by atoms with Crippen molar-refractivity contribution in [3.05, 3.63) is 33.5 Å². The third-order valence-electron chi connectivity index (χ3n) is 10.2. The highest BCUT2D eigenvalue weighted by molar-refractivity contribution is 7.16. The maximum absolute atomic E-state index is 14.1. The summed E-state index contributed by atoms with van der Waals surface area (Å²) < 4.78 is 36.2. The fraction of sp³-hybridized carbons (Fsp3) is 0.567. The molecule has 8 rings (SSSR count). The minimum atomic E-state index is -2.77. The summed E-state index contributed by atoms with van der Waals surface area (Å²) >= 11 is 1.50. The number of nitrogen functional groups attached to an aromatic ring is 1. The molecule has 2 fully saturated rings. The van der Waals surface area contributed by atoms with Gasteiger partial charge in [-0.25, -0.2) is 23.4 Å². The van der Waals surface area contributed by atoms with Crippen molar-refractivity contribution in [1.29, 1.82) is 5.26 Å². The molecule has 1 aliphatic heterocycles. The Labute approximate surface area is 251 Å². The van der Waals surface area contributed by atoms with Gasteiger partial charge in [-0.05, 0) is 77.4 Å². The van der Waals surface area contributed by atoms with Crippen molar-refractivity contribution in [2.45, 2.75) is 94.2 Å². The van der Waals surface area contributed by atoms with Gasteiger partial charge in [-0.3, -0.25) is 0 Å². The molecule has 4 atom stereocenters. The van der Waals surface area contributed by atoms with Gasteiger partial charge >= 0.3 is 0 Å². The first-order valence-electron chi connectivity index (χ1n) is 15.1. The van der Waals surface area contributed by atoms with Crippen LogP contribution in [0.1, 0.15) is 85.2 Å². The van der Waals surface area contributed by atoms with Gasteiger partial charge in [0.05, 0.1) is 34.6 Å². The van der Waals surface area contributed by atoms with E-state index in [1.54, 1.807) is 6.20 Å². The normalized spacial score (nSPS) is 26.8. The first kappa shape index (κ1) is 27.0. The molecule has 1 spiro atoms. The summed E-state index contributed by atoms with van der Waals surface area (Å²) in [6.45, 7) is 3.15. The molecule has 5 heterocycles. The van der Waals surface area contributed by atoms with Crippen molar-refractivity contribution in [3.8, 4) is 17.6 Å². The van der Waals surface area contributed by atoms with E-state index in [1.807, 2.05) is 4.68 Å². The van der Waals surface area contributed by atoms with Crippen LogP contribution in [0.3, 0.4) is 0 Å². The number of nitriles is 1. The molecule has 13 heteroatoms. The van der Waals surface area contributed by atoms with Crippen molar-refractivity contribution in [2.75, 3.05) is 24.6 Å². The zero-order chi connectivity index (χ0) is 29.7. The predicted molar refractivity (Wildman–Crippen MR) is 158 cm³/mol. The van der Waals surface area contributed by atoms with Gasteiger partial charge in [0.1, 0.15) is 16.9 Å². The second-order valence-corrected chi connectivity index (χ2v) is 13.8. The van der Waals surface area contributed by atoms with Crippen LogP contribution in [0.15, 0.2) is 10.7 Å². The molecule has 0 bridgehead atoms. The average molecular weight is 606 g/mol. The highest BCUT2D eigenvalue weighted by atomic mass is 32.1. The molecule has 0 aromatic carbocycles. The highest BCUT2D eigenvalue weighted by Gasteiger charge is 2.57. The van der Waals surface area contributed by atoms with Crippen LogP contribution in [-0.2, 0) is 18.3 Å². The molecule has 4 aromatic rings. The molecular formula is C30H33F2N9OS. The van der Waals surface area contributed by atoms with E-state index in [2.05, 4.69) is 35.4 Å². The summed E-state index contributed by atoms with van der Waals surface area (Å²) in [6.07, 6.45) is 8.75. The Morgan fingerprint density at radius 1 is 1.23 bits per heavy atom. The molecule has 3 aliphatic carbocycles. The van der Waals surface area contributed by atoms with Crippen molar-refractivity contribution in [1.82, 2.24) is 29.8 Å². The lowest BCUT2D eigenvalue weighted by Crippen LogP contribution is -2.35. The lowest BCUT2D eigenvalue weighted by atomic mass is 9.63. The number of nitrogens with zero attached hydrogens (tertiary/aromatic N) is 7. The molecule has 1 unspecified atom stereocenters. The minimum absolute atomic E-state index is 0.0200. The number of nitrogens with two attached hydrogens (primary N) is 1. The van der Waals surface area contributed by atoms with Gasteiger partial charge in [-0.2, -0.15) is 10.4 Å². The van der Waals surface area contributed by atoms with Crippen LogP contribution in [0.2, 0.25) is 0 Å². The summed E-state index contributed by atoms with van der Waals surface area (Å²) in [4.78, 5) is 13.3. The molecule has 224 valence electrons. The smallest absolute Gasteiger partial charge is 0.270 e. The Morgan fingerprint density at radius 3 is 2.74 bits per heavy atom. The number of fused-ring (bicyclic) bond motifs is 5. The number of aromatic nitrogens is 5. The topological polar surface area (TPSA) is 135 Å². The van der Waals surface area contributed by atoms with Crippen LogP contribution < -0.4 is 11.1 Å². The molecule has 3 N–H and O–H groups in total. The van der Waals surface area contributed by atoms with Gasteiger partial charge in [0.15, 0.2) is 22.9 Å². The van der Waals surface area contributed by atoms with Gasteiger partial charge < -0.3 is 20.5 Å². The molecule has 1 saturated heterocycles.